The van der Waals surface area contributed by atoms with E-state index in [0.29, 0.717) is 0 Å². The Hall–Kier alpha value is -0.480. The molecular formula is C10H12BrNOS. The third kappa shape index (κ3) is 4.15. The van der Waals surface area contributed by atoms with Gasteiger partial charge in [-0.25, -0.2) is 0 Å². The van der Waals surface area contributed by atoms with Crippen LogP contribution in [-0.2, 0) is 0 Å². The Morgan fingerprint density at radius 2 is 2.07 bits per heavy atom. The van der Waals surface area contributed by atoms with Gasteiger partial charge in [0, 0.05) is 15.9 Å². The molecule has 2 nitrogen and oxygen atoms in total. The predicted molar refractivity (Wildman–Crippen MR) is 65.9 cm³/mol. The molecule has 4 heteroatoms. The molecule has 0 atom stereocenters. The summed E-state index contributed by atoms with van der Waals surface area (Å²) >= 11 is 4.65. The summed E-state index contributed by atoms with van der Waals surface area (Å²) in [6.07, 6.45) is 1.01. The summed E-state index contributed by atoms with van der Waals surface area (Å²) in [6.45, 7) is 2.06. The van der Waals surface area contributed by atoms with E-state index in [1.807, 2.05) is 24.3 Å². The molecular weight excluding hydrogens is 262 g/mol. The number of rotatable bonds is 3. The van der Waals surface area contributed by atoms with Gasteiger partial charge in [-0.2, -0.15) is 0 Å². The van der Waals surface area contributed by atoms with Crippen LogP contribution in [0, 0.1) is 0 Å². The second-order valence-electron chi connectivity index (χ2n) is 2.77. The Bertz CT molecular complexity index is 299. The minimum Gasteiger partial charge on any atom is -0.317 e. The molecule has 1 aromatic carbocycles. The molecule has 0 aliphatic rings. The maximum absolute atomic E-state index is 11.3. The first-order chi connectivity index (χ1) is 6.72. The number of benzene rings is 1. The van der Waals surface area contributed by atoms with E-state index in [4.69, 9.17) is 0 Å². The van der Waals surface area contributed by atoms with E-state index in [0.717, 1.165) is 22.3 Å². The van der Waals surface area contributed by atoms with Gasteiger partial charge >= 0.3 is 0 Å². The van der Waals surface area contributed by atoms with Crippen molar-refractivity contribution in [2.75, 3.05) is 11.1 Å². The summed E-state index contributed by atoms with van der Waals surface area (Å²) in [5.41, 5.74) is 0.835. The van der Waals surface area contributed by atoms with Gasteiger partial charge in [0.05, 0.1) is 0 Å². The highest BCUT2D eigenvalue weighted by atomic mass is 79.9. The minimum atomic E-state index is 0.00849. The van der Waals surface area contributed by atoms with Crippen molar-refractivity contribution in [2.45, 2.75) is 13.3 Å². The normalized spacial score (nSPS) is 9.86. The van der Waals surface area contributed by atoms with Crippen LogP contribution in [0.15, 0.2) is 28.7 Å². The molecule has 0 saturated carbocycles. The van der Waals surface area contributed by atoms with Crippen molar-refractivity contribution < 1.29 is 4.79 Å². The zero-order chi connectivity index (χ0) is 10.4. The predicted octanol–water partition coefficient (Wildman–Crippen LogP) is 4.12. The smallest absolute Gasteiger partial charge is 0.283 e. The largest absolute Gasteiger partial charge is 0.317 e. The number of thioether (sulfide) groups is 1. The lowest BCUT2D eigenvalue weighted by atomic mass is 10.3. The zero-order valence-electron chi connectivity index (χ0n) is 7.92. The van der Waals surface area contributed by atoms with E-state index in [1.54, 1.807) is 0 Å². The van der Waals surface area contributed by atoms with Crippen LogP contribution in [0.2, 0.25) is 0 Å². The average Bonchev–Trinajstić information content (AvgIpc) is 2.18. The number of carbonyl (C=O) groups excluding carboxylic acids is 1. The summed E-state index contributed by atoms with van der Waals surface area (Å²) in [7, 11) is 0. The van der Waals surface area contributed by atoms with Crippen LogP contribution in [0.4, 0.5) is 10.5 Å². The van der Waals surface area contributed by atoms with Gasteiger partial charge in [-0.15, -0.1) is 0 Å². The number of nitrogens with one attached hydrogen (secondary N) is 1. The summed E-state index contributed by atoms with van der Waals surface area (Å²) in [4.78, 5) is 11.3. The van der Waals surface area contributed by atoms with Crippen LogP contribution in [0.3, 0.4) is 0 Å². The Labute approximate surface area is 96.6 Å². The van der Waals surface area contributed by atoms with E-state index in [9.17, 15) is 4.79 Å². The molecule has 0 aliphatic carbocycles. The Balaban J connectivity index is 2.44. The van der Waals surface area contributed by atoms with Crippen molar-refractivity contribution in [2.24, 2.45) is 0 Å². The highest BCUT2D eigenvalue weighted by Crippen LogP contribution is 2.16. The molecule has 0 unspecified atom stereocenters. The lowest BCUT2D eigenvalue weighted by molar-refractivity contribution is 0.270. The fourth-order valence-electron chi connectivity index (χ4n) is 0.882. The second-order valence-corrected chi connectivity index (χ2v) is 4.75. The molecule has 0 radical (unpaired) electrons. The second kappa shape index (κ2) is 6.09. The van der Waals surface area contributed by atoms with Crippen LogP contribution in [-0.4, -0.2) is 11.0 Å². The fourth-order valence-corrected chi connectivity index (χ4v) is 1.73. The highest BCUT2D eigenvalue weighted by Gasteiger charge is 2.01. The summed E-state index contributed by atoms with van der Waals surface area (Å²) < 4.78 is 1.01. The van der Waals surface area contributed by atoms with Gasteiger partial charge in [0.1, 0.15) is 0 Å². The van der Waals surface area contributed by atoms with Gasteiger partial charge < -0.3 is 5.32 Å². The van der Waals surface area contributed by atoms with E-state index in [-0.39, 0.29) is 5.24 Å². The van der Waals surface area contributed by atoms with Crippen molar-refractivity contribution in [1.82, 2.24) is 0 Å². The fraction of sp³-hybridized carbons (Fsp3) is 0.300. The molecule has 1 aromatic rings. The average molecular weight is 274 g/mol. The van der Waals surface area contributed by atoms with E-state index >= 15 is 0 Å². The van der Waals surface area contributed by atoms with Gasteiger partial charge in [-0.05, 0) is 30.7 Å². The minimum absolute atomic E-state index is 0.00849. The summed E-state index contributed by atoms with van der Waals surface area (Å²) in [5, 5.41) is 2.82. The first-order valence-corrected chi connectivity index (χ1v) is 6.19. The lowest BCUT2D eigenvalue weighted by Gasteiger charge is -2.03. The molecule has 1 N–H and O–H groups in total. The maximum Gasteiger partial charge on any atom is 0.283 e. The van der Waals surface area contributed by atoms with Crippen molar-refractivity contribution >= 4 is 38.6 Å². The lowest BCUT2D eigenvalue weighted by Crippen LogP contribution is -2.05. The maximum atomic E-state index is 11.3. The van der Waals surface area contributed by atoms with Crippen molar-refractivity contribution in [3.63, 3.8) is 0 Å². The van der Waals surface area contributed by atoms with Gasteiger partial charge in [-0.1, -0.05) is 34.6 Å². The molecule has 0 heterocycles. The van der Waals surface area contributed by atoms with Crippen molar-refractivity contribution in [1.29, 1.82) is 0 Å². The van der Waals surface area contributed by atoms with Gasteiger partial charge in [0.25, 0.3) is 5.24 Å². The van der Waals surface area contributed by atoms with Gasteiger partial charge in [-0.3, -0.25) is 4.79 Å². The van der Waals surface area contributed by atoms with Gasteiger partial charge in [0.2, 0.25) is 0 Å². The molecule has 14 heavy (non-hydrogen) atoms. The van der Waals surface area contributed by atoms with E-state index in [1.165, 1.54) is 11.8 Å². The van der Waals surface area contributed by atoms with Crippen LogP contribution in [0.5, 0.6) is 0 Å². The number of hydrogen-bond acceptors (Lipinski definition) is 2. The standard InChI is InChI=1S/C10H12BrNOS/c1-2-7-14-10(13)12-9-5-3-8(11)4-6-9/h3-6H,2,7H2,1H3,(H,12,13). The third-order valence-electron chi connectivity index (χ3n) is 1.53. The number of carbonyl (C=O) groups is 1. The molecule has 0 fully saturated rings. The molecule has 0 spiro atoms. The molecule has 0 saturated heterocycles. The van der Waals surface area contributed by atoms with Crippen LogP contribution in [0.1, 0.15) is 13.3 Å². The summed E-state index contributed by atoms with van der Waals surface area (Å²) in [5.74, 6) is 0.863. The molecule has 0 aliphatic heterocycles. The SMILES string of the molecule is CCCSC(=O)Nc1ccc(Br)cc1. The highest BCUT2D eigenvalue weighted by molar-refractivity contribution is 9.10. The molecule has 0 aromatic heterocycles. The Morgan fingerprint density at radius 1 is 1.43 bits per heavy atom. The number of amides is 1. The number of anilines is 1. The van der Waals surface area contributed by atoms with E-state index in [2.05, 4.69) is 28.2 Å². The van der Waals surface area contributed by atoms with Crippen LogP contribution < -0.4 is 5.32 Å². The first-order valence-electron chi connectivity index (χ1n) is 4.41. The number of hydrogen-bond donors (Lipinski definition) is 1. The van der Waals surface area contributed by atoms with Gasteiger partial charge in [0.15, 0.2) is 0 Å². The molecule has 0 bridgehead atoms. The van der Waals surface area contributed by atoms with Crippen LogP contribution >= 0.6 is 27.7 Å². The quantitative estimate of drug-likeness (QED) is 0.898. The molecule has 1 amide bonds. The number of halogens is 1. The topological polar surface area (TPSA) is 29.1 Å². The first kappa shape index (κ1) is 11.6. The Morgan fingerprint density at radius 3 is 2.64 bits per heavy atom. The van der Waals surface area contributed by atoms with E-state index < -0.39 is 0 Å². The van der Waals surface area contributed by atoms with Crippen molar-refractivity contribution in [3.05, 3.63) is 28.7 Å². The van der Waals surface area contributed by atoms with Crippen LogP contribution in [0.25, 0.3) is 0 Å². The zero-order valence-corrected chi connectivity index (χ0v) is 10.3. The summed E-state index contributed by atoms with van der Waals surface area (Å²) in [6, 6.07) is 7.54. The molecule has 76 valence electrons. The van der Waals surface area contributed by atoms with Crippen molar-refractivity contribution in [3.8, 4) is 0 Å². The third-order valence-corrected chi connectivity index (χ3v) is 3.03. The monoisotopic (exact) mass is 273 g/mol. The molecule has 1 rings (SSSR count). The Kier molecular flexibility index (Phi) is 5.04.